The number of hydrogen-bond acceptors (Lipinski definition) is 2. The summed E-state index contributed by atoms with van der Waals surface area (Å²) in [4.78, 5) is 0. The first-order valence-corrected chi connectivity index (χ1v) is 3.15. The van der Waals surface area contributed by atoms with Crippen molar-refractivity contribution < 1.29 is 5.11 Å². The van der Waals surface area contributed by atoms with Crippen molar-refractivity contribution in [2.24, 2.45) is 0 Å². The van der Waals surface area contributed by atoms with Crippen LogP contribution in [0.25, 0.3) is 0 Å². The fraction of sp³-hybridized carbons (Fsp3) is 1.00. The first kappa shape index (κ1) is 7.40. The summed E-state index contributed by atoms with van der Waals surface area (Å²) in [5, 5.41) is 8.25. The summed E-state index contributed by atoms with van der Waals surface area (Å²) >= 11 is 3.05. The summed E-state index contributed by atoms with van der Waals surface area (Å²) in [6.07, 6.45) is 1.92. The van der Waals surface area contributed by atoms with Crippen LogP contribution in [0.4, 0.5) is 0 Å². The normalized spacial score (nSPS) is 9.43. The van der Waals surface area contributed by atoms with Gasteiger partial charge in [0.05, 0.1) is 0 Å². The van der Waals surface area contributed by atoms with Crippen LogP contribution in [0.15, 0.2) is 0 Å². The molecule has 0 heterocycles. The smallest absolute Gasteiger partial charge is 0.0431 e. The minimum Gasteiger partial charge on any atom is -0.396 e. The Bertz CT molecular complexity index is 30.9. The Balaban J connectivity index is 2.45. The van der Waals surface area contributed by atoms with Gasteiger partial charge >= 0.3 is 0 Å². The van der Waals surface area contributed by atoms with Gasteiger partial charge in [-0.1, -0.05) is 0 Å². The Labute approximate surface area is 52.3 Å². The van der Waals surface area contributed by atoms with Gasteiger partial charge in [-0.05, 0) is 12.8 Å². The van der Waals surface area contributed by atoms with E-state index < -0.39 is 0 Å². The summed E-state index contributed by atoms with van der Waals surface area (Å²) in [7, 11) is 0. The molecule has 0 aromatic carbocycles. The van der Waals surface area contributed by atoms with Gasteiger partial charge in [0.2, 0.25) is 0 Å². The maximum Gasteiger partial charge on any atom is 0.0431 e. The van der Waals surface area contributed by atoms with E-state index in [1.165, 1.54) is 0 Å². The first-order chi connectivity index (χ1) is 3.41. The molecule has 3 heteroatoms. The Hall–Kier alpha value is 0.400. The Morgan fingerprint density at radius 1 is 1.43 bits per heavy atom. The fourth-order valence-corrected chi connectivity index (χ4v) is 0.584. The number of nitrogens with one attached hydrogen (secondary N) is 1. The van der Waals surface area contributed by atoms with Crippen molar-refractivity contribution in [3.05, 3.63) is 0 Å². The van der Waals surface area contributed by atoms with E-state index in [-0.39, 0.29) is 0 Å². The average Bonchev–Trinajstić information content (AvgIpc) is 1.69. The predicted octanol–water partition coefficient (Wildman–Crippen LogP) is 0.658. The third kappa shape index (κ3) is 6.40. The van der Waals surface area contributed by atoms with E-state index in [1.807, 2.05) is 0 Å². The highest BCUT2D eigenvalue weighted by atomic mass is 79.9. The van der Waals surface area contributed by atoms with Gasteiger partial charge in [0, 0.05) is 29.3 Å². The Morgan fingerprint density at radius 2 is 2.14 bits per heavy atom. The second kappa shape index (κ2) is 6.40. The summed E-state index contributed by atoms with van der Waals surface area (Å²) in [5.74, 6) is 0. The van der Waals surface area contributed by atoms with Crippen molar-refractivity contribution in [1.82, 2.24) is 4.34 Å². The number of hydrogen-bond donors (Lipinski definition) is 2. The molecule has 0 amide bonds. The van der Waals surface area contributed by atoms with Gasteiger partial charge in [0.1, 0.15) is 0 Å². The van der Waals surface area contributed by atoms with Gasteiger partial charge in [-0.25, -0.2) is 0 Å². The van der Waals surface area contributed by atoms with Crippen molar-refractivity contribution in [2.45, 2.75) is 12.8 Å². The molecule has 0 unspecified atom stereocenters. The highest BCUT2D eigenvalue weighted by Crippen LogP contribution is 1.83. The van der Waals surface area contributed by atoms with Crippen molar-refractivity contribution in [1.29, 1.82) is 0 Å². The van der Waals surface area contributed by atoms with E-state index in [0.717, 1.165) is 19.4 Å². The largest absolute Gasteiger partial charge is 0.396 e. The summed E-state index contributed by atoms with van der Waals surface area (Å²) in [6, 6.07) is 0. The molecule has 0 saturated carbocycles. The van der Waals surface area contributed by atoms with Crippen molar-refractivity contribution in [3.8, 4) is 0 Å². The van der Waals surface area contributed by atoms with Crippen LogP contribution in [0, 0.1) is 0 Å². The van der Waals surface area contributed by atoms with Gasteiger partial charge in [-0.15, -0.1) is 0 Å². The number of rotatable bonds is 4. The molecule has 0 aliphatic heterocycles. The molecule has 44 valence electrons. The van der Waals surface area contributed by atoms with E-state index in [0.29, 0.717) is 6.61 Å². The maximum atomic E-state index is 8.25. The number of unbranched alkanes of at least 4 members (excludes halogenated alkanes) is 1. The quantitative estimate of drug-likeness (QED) is 0.477. The molecule has 0 radical (unpaired) electrons. The fourth-order valence-electron chi connectivity index (χ4n) is 0.304. The van der Waals surface area contributed by atoms with Crippen LogP contribution in [0.1, 0.15) is 12.8 Å². The zero-order chi connectivity index (χ0) is 5.54. The van der Waals surface area contributed by atoms with Crippen LogP contribution < -0.4 is 4.34 Å². The van der Waals surface area contributed by atoms with Crippen LogP contribution in [-0.2, 0) is 0 Å². The molecule has 0 spiro atoms. The van der Waals surface area contributed by atoms with Crippen LogP contribution >= 0.6 is 16.1 Å². The number of aliphatic hydroxyl groups excluding tert-OH is 1. The zero-order valence-corrected chi connectivity index (χ0v) is 5.74. The Morgan fingerprint density at radius 3 is 2.57 bits per heavy atom. The summed E-state index contributed by atoms with van der Waals surface area (Å²) < 4.78 is 2.80. The third-order valence-corrected chi connectivity index (χ3v) is 1.08. The topological polar surface area (TPSA) is 32.3 Å². The molecule has 0 fully saturated rings. The molecule has 0 saturated heterocycles. The predicted molar refractivity (Wildman–Crippen MR) is 33.2 cm³/mol. The molecule has 2 N–H and O–H groups in total. The minimum atomic E-state index is 0.300. The number of aliphatic hydroxyl groups is 1. The van der Waals surface area contributed by atoms with Gasteiger partial charge in [0.25, 0.3) is 0 Å². The van der Waals surface area contributed by atoms with Crippen molar-refractivity contribution in [3.63, 3.8) is 0 Å². The molecule has 0 aromatic rings. The molecular weight excluding hydrogens is 158 g/mol. The van der Waals surface area contributed by atoms with Crippen molar-refractivity contribution >= 4 is 16.1 Å². The zero-order valence-electron chi connectivity index (χ0n) is 4.15. The Kier molecular flexibility index (Phi) is 6.77. The molecule has 0 bridgehead atoms. The second-order valence-corrected chi connectivity index (χ2v) is 1.88. The van der Waals surface area contributed by atoms with Gasteiger partial charge in [-0.2, -0.15) is 0 Å². The molecule has 0 aliphatic carbocycles. The SMILES string of the molecule is OCCCCNBr. The van der Waals surface area contributed by atoms with Gasteiger partial charge in [0.15, 0.2) is 0 Å². The second-order valence-electron chi connectivity index (χ2n) is 1.31. The van der Waals surface area contributed by atoms with Crippen LogP contribution in [0.2, 0.25) is 0 Å². The summed E-state index contributed by atoms with van der Waals surface area (Å²) in [6.45, 7) is 1.23. The molecule has 0 aromatic heterocycles. The minimum absolute atomic E-state index is 0.300. The molecule has 7 heavy (non-hydrogen) atoms. The van der Waals surface area contributed by atoms with Gasteiger partial charge in [-0.3, -0.25) is 4.34 Å². The lowest BCUT2D eigenvalue weighted by Gasteiger charge is -1.91. The van der Waals surface area contributed by atoms with Crippen LogP contribution in [0.3, 0.4) is 0 Å². The summed E-state index contributed by atoms with van der Waals surface area (Å²) in [5.41, 5.74) is 0. The van der Waals surface area contributed by atoms with Gasteiger partial charge < -0.3 is 5.11 Å². The monoisotopic (exact) mass is 167 g/mol. The van der Waals surface area contributed by atoms with E-state index in [1.54, 1.807) is 0 Å². The molecule has 0 atom stereocenters. The molecular formula is C4H10BrNO. The third-order valence-electron chi connectivity index (χ3n) is 0.679. The molecule has 0 aliphatic rings. The first-order valence-electron chi connectivity index (χ1n) is 2.36. The van der Waals surface area contributed by atoms with Crippen LogP contribution in [0.5, 0.6) is 0 Å². The maximum absolute atomic E-state index is 8.25. The van der Waals surface area contributed by atoms with E-state index in [2.05, 4.69) is 20.5 Å². The van der Waals surface area contributed by atoms with E-state index >= 15 is 0 Å². The number of halogens is 1. The molecule has 0 rings (SSSR count). The van der Waals surface area contributed by atoms with E-state index in [4.69, 9.17) is 5.11 Å². The van der Waals surface area contributed by atoms with Crippen molar-refractivity contribution in [2.75, 3.05) is 13.2 Å². The highest BCUT2D eigenvalue weighted by molar-refractivity contribution is 9.08. The standard InChI is InChI=1S/C4H10BrNO/c5-6-3-1-2-4-7/h6-7H,1-4H2. The van der Waals surface area contributed by atoms with Crippen LogP contribution in [-0.4, -0.2) is 18.3 Å². The lowest BCUT2D eigenvalue weighted by molar-refractivity contribution is 0.285. The lowest BCUT2D eigenvalue weighted by Crippen LogP contribution is -2.00. The average molecular weight is 168 g/mol. The lowest BCUT2D eigenvalue weighted by atomic mass is 10.3. The highest BCUT2D eigenvalue weighted by Gasteiger charge is 1.80. The van der Waals surface area contributed by atoms with E-state index in [9.17, 15) is 0 Å². The molecule has 2 nitrogen and oxygen atoms in total.